The molecule has 0 radical (unpaired) electrons. The van der Waals surface area contributed by atoms with Gasteiger partial charge in [0.15, 0.2) is 0 Å². The third-order valence-electron chi connectivity index (χ3n) is 3.07. The van der Waals surface area contributed by atoms with Crippen molar-refractivity contribution in [2.75, 3.05) is 13.7 Å². The molecule has 0 aromatic carbocycles. The van der Waals surface area contributed by atoms with Gasteiger partial charge < -0.3 is 15.4 Å². The highest BCUT2D eigenvalue weighted by molar-refractivity contribution is 5.88. The molecule has 1 rings (SSSR count). The molecule has 0 saturated carbocycles. The minimum absolute atomic E-state index is 0.129. The number of piperidine rings is 1. The van der Waals surface area contributed by atoms with Crippen LogP contribution in [0.15, 0.2) is 0 Å². The minimum atomic E-state index is -0.630. The van der Waals surface area contributed by atoms with Crippen LogP contribution < -0.4 is 5.73 Å². The van der Waals surface area contributed by atoms with E-state index in [2.05, 4.69) is 4.74 Å². The largest absolute Gasteiger partial charge is 0.469 e. The average Bonchev–Trinajstić information content (AvgIpc) is 2.31. The van der Waals surface area contributed by atoms with Crippen molar-refractivity contribution in [3.05, 3.63) is 0 Å². The summed E-state index contributed by atoms with van der Waals surface area (Å²) in [5.41, 5.74) is 5.25. The van der Waals surface area contributed by atoms with Gasteiger partial charge in [0.1, 0.15) is 6.04 Å². The first-order chi connectivity index (χ1) is 8.01. The maximum atomic E-state index is 11.7. The second-order valence-electron chi connectivity index (χ2n) is 4.13. The number of carbonyl (C=O) groups excluding carboxylic acids is 3. The van der Waals surface area contributed by atoms with Crippen LogP contribution in [0.5, 0.6) is 0 Å². The number of carbonyl (C=O) groups is 3. The molecule has 2 atom stereocenters. The lowest BCUT2D eigenvalue weighted by Crippen LogP contribution is -2.52. The Labute approximate surface area is 100 Å². The zero-order chi connectivity index (χ0) is 13.0. The van der Waals surface area contributed by atoms with E-state index in [0.29, 0.717) is 12.8 Å². The lowest BCUT2D eigenvalue weighted by atomic mass is 9.95. The second-order valence-corrected chi connectivity index (χ2v) is 4.13. The number of esters is 1. The molecule has 2 amide bonds. The molecular formula is C11H18N2O4. The molecule has 1 aliphatic heterocycles. The molecule has 1 aliphatic rings. The van der Waals surface area contributed by atoms with E-state index in [1.807, 2.05) is 0 Å². The average molecular weight is 242 g/mol. The molecule has 2 N–H and O–H groups in total. The van der Waals surface area contributed by atoms with E-state index >= 15 is 0 Å². The number of ether oxygens (including phenoxy) is 1. The fraction of sp³-hybridized carbons (Fsp3) is 0.727. The molecule has 6 heteroatoms. The Morgan fingerprint density at radius 3 is 2.71 bits per heavy atom. The van der Waals surface area contributed by atoms with E-state index in [4.69, 9.17) is 5.73 Å². The third kappa shape index (κ3) is 2.95. The van der Waals surface area contributed by atoms with Crippen molar-refractivity contribution < 1.29 is 19.1 Å². The maximum absolute atomic E-state index is 11.7. The first kappa shape index (κ1) is 13.5. The number of nitrogens with two attached hydrogens (primary N) is 1. The van der Waals surface area contributed by atoms with Crippen LogP contribution in [0, 0.1) is 5.92 Å². The molecule has 1 heterocycles. The monoisotopic (exact) mass is 242 g/mol. The van der Waals surface area contributed by atoms with E-state index in [1.54, 1.807) is 6.92 Å². The summed E-state index contributed by atoms with van der Waals surface area (Å²) in [6, 6.07) is -0.630. The Balaban J connectivity index is 2.78. The molecule has 1 unspecified atom stereocenters. The molecule has 1 saturated heterocycles. The van der Waals surface area contributed by atoms with E-state index < -0.39 is 11.9 Å². The number of primary amides is 1. The van der Waals surface area contributed by atoms with Crippen LogP contribution in [0.2, 0.25) is 0 Å². The molecule has 1 fully saturated rings. The third-order valence-corrected chi connectivity index (χ3v) is 3.07. The molecule has 6 nitrogen and oxygen atoms in total. The fourth-order valence-corrected chi connectivity index (χ4v) is 2.11. The van der Waals surface area contributed by atoms with Gasteiger partial charge in [0.2, 0.25) is 11.8 Å². The Morgan fingerprint density at radius 1 is 1.59 bits per heavy atom. The Kier molecular flexibility index (Phi) is 4.48. The van der Waals surface area contributed by atoms with Crippen molar-refractivity contribution in [2.45, 2.75) is 32.2 Å². The maximum Gasteiger partial charge on any atom is 0.310 e. The van der Waals surface area contributed by atoms with E-state index in [0.717, 1.165) is 0 Å². The summed E-state index contributed by atoms with van der Waals surface area (Å²) in [6.45, 7) is 2.00. The summed E-state index contributed by atoms with van der Waals surface area (Å²) >= 11 is 0. The summed E-state index contributed by atoms with van der Waals surface area (Å²) in [7, 11) is 1.31. The predicted octanol–water partition coefficient (Wildman–Crippen LogP) is -0.338. The van der Waals surface area contributed by atoms with Gasteiger partial charge in [0.25, 0.3) is 0 Å². The summed E-state index contributed by atoms with van der Waals surface area (Å²) < 4.78 is 4.65. The van der Waals surface area contributed by atoms with E-state index in [1.165, 1.54) is 12.0 Å². The highest BCUT2D eigenvalue weighted by Gasteiger charge is 2.35. The van der Waals surface area contributed by atoms with Crippen molar-refractivity contribution in [1.82, 2.24) is 4.90 Å². The Hall–Kier alpha value is -1.59. The molecule has 17 heavy (non-hydrogen) atoms. The molecule has 0 aromatic heterocycles. The summed E-state index contributed by atoms with van der Waals surface area (Å²) in [6.07, 6.45) is 1.18. The van der Waals surface area contributed by atoms with Gasteiger partial charge in [-0.1, -0.05) is 6.92 Å². The van der Waals surface area contributed by atoms with Gasteiger partial charge >= 0.3 is 5.97 Å². The first-order valence-electron chi connectivity index (χ1n) is 5.67. The van der Waals surface area contributed by atoms with Crippen molar-refractivity contribution >= 4 is 17.8 Å². The van der Waals surface area contributed by atoms with Gasteiger partial charge in [-0.25, -0.2) is 0 Å². The van der Waals surface area contributed by atoms with Crippen LogP contribution in [0.25, 0.3) is 0 Å². The van der Waals surface area contributed by atoms with Crippen LogP contribution in [-0.2, 0) is 19.1 Å². The quantitative estimate of drug-likeness (QED) is 0.683. The minimum Gasteiger partial charge on any atom is -0.469 e. The van der Waals surface area contributed by atoms with Crippen LogP contribution in [-0.4, -0.2) is 42.4 Å². The fourth-order valence-electron chi connectivity index (χ4n) is 2.11. The Morgan fingerprint density at radius 2 is 2.24 bits per heavy atom. The van der Waals surface area contributed by atoms with Crippen molar-refractivity contribution in [2.24, 2.45) is 11.7 Å². The molecule has 96 valence electrons. The number of likely N-dealkylation sites (tertiary alicyclic amines) is 1. The molecule has 0 aliphatic carbocycles. The lowest BCUT2D eigenvalue weighted by Gasteiger charge is -2.35. The van der Waals surface area contributed by atoms with Gasteiger partial charge in [-0.15, -0.1) is 0 Å². The van der Waals surface area contributed by atoms with Crippen molar-refractivity contribution in [3.8, 4) is 0 Å². The molecule has 0 spiro atoms. The van der Waals surface area contributed by atoms with Crippen LogP contribution in [0.4, 0.5) is 0 Å². The van der Waals surface area contributed by atoms with Gasteiger partial charge in [-0.3, -0.25) is 14.4 Å². The van der Waals surface area contributed by atoms with Gasteiger partial charge in [0, 0.05) is 13.0 Å². The number of rotatable bonds is 4. The highest BCUT2D eigenvalue weighted by Crippen LogP contribution is 2.21. The zero-order valence-corrected chi connectivity index (χ0v) is 10.1. The number of hydrogen-bond acceptors (Lipinski definition) is 4. The van der Waals surface area contributed by atoms with E-state index in [-0.39, 0.29) is 30.8 Å². The smallest absolute Gasteiger partial charge is 0.310 e. The van der Waals surface area contributed by atoms with Crippen LogP contribution >= 0.6 is 0 Å². The molecule has 0 aromatic rings. The van der Waals surface area contributed by atoms with Crippen LogP contribution in [0.1, 0.15) is 26.2 Å². The van der Waals surface area contributed by atoms with Gasteiger partial charge in [-0.05, 0) is 12.8 Å². The number of amides is 2. The summed E-state index contributed by atoms with van der Waals surface area (Å²) in [4.78, 5) is 35.8. The predicted molar refractivity (Wildman–Crippen MR) is 59.7 cm³/mol. The normalized spacial score (nSPS) is 22.1. The number of nitrogens with zero attached hydrogens (tertiary/aromatic N) is 1. The SMILES string of the molecule is CC[C@@H](C(N)=O)N1CC(C(=O)OC)CCC1=O. The summed E-state index contributed by atoms with van der Waals surface area (Å²) in [5.74, 6) is -1.37. The number of methoxy groups -OCH3 is 1. The number of hydrogen-bond donors (Lipinski definition) is 1. The zero-order valence-electron chi connectivity index (χ0n) is 10.1. The lowest BCUT2D eigenvalue weighted by molar-refractivity contribution is -0.153. The molecule has 0 bridgehead atoms. The topological polar surface area (TPSA) is 89.7 Å². The standard InChI is InChI=1S/C11H18N2O4/c1-3-8(10(12)15)13-6-7(11(16)17-2)4-5-9(13)14/h7-8H,3-6H2,1-2H3,(H2,12,15)/t7?,8-/m0/s1. The molecular weight excluding hydrogens is 224 g/mol. The van der Waals surface area contributed by atoms with Gasteiger partial charge in [0.05, 0.1) is 13.0 Å². The highest BCUT2D eigenvalue weighted by atomic mass is 16.5. The first-order valence-corrected chi connectivity index (χ1v) is 5.67. The second kappa shape index (κ2) is 5.65. The van der Waals surface area contributed by atoms with Crippen LogP contribution in [0.3, 0.4) is 0 Å². The van der Waals surface area contributed by atoms with Crippen molar-refractivity contribution in [3.63, 3.8) is 0 Å². The van der Waals surface area contributed by atoms with Gasteiger partial charge in [-0.2, -0.15) is 0 Å². The summed E-state index contributed by atoms with van der Waals surface area (Å²) in [5, 5.41) is 0. The Bertz CT molecular complexity index is 329. The van der Waals surface area contributed by atoms with E-state index in [9.17, 15) is 14.4 Å². The van der Waals surface area contributed by atoms with Crippen molar-refractivity contribution in [1.29, 1.82) is 0 Å².